The highest BCUT2D eigenvalue weighted by molar-refractivity contribution is 5.85. The maximum absolute atomic E-state index is 12.1. The summed E-state index contributed by atoms with van der Waals surface area (Å²) in [5.74, 6) is 1.48. The van der Waals surface area contributed by atoms with Crippen molar-refractivity contribution in [1.29, 1.82) is 0 Å². The van der Waals surface area contributed by atoms with Crippen LogP contribution in [-0.2, 0) is 11.3 Å². The van der Waals surface area contributed by atoms with E-state index in [0.29, 0.717) is 24.0 Å². The topological polar surface area (TPSA) is 60.0 Å². The second-order valence-electron chi connectivity index (χ2n) is 9.64. The van der Waals surface area contributed by atoms with Crippen molar-refractivity contribution in [3.63, 3.8) is 0 Å². The molecule has 0 aromatic heterocycles. The van der Waals surface area contributed by atoms with E-state index in [-0.39, 0.29) is 12.5 Å². The molecule has 1 saturated carbocycles. The molecule has 172 valence electrons. The molecule has 4 atom stereocenters. The van der Waals surface area contributed by atoms with Crippen molar-refractivity contribution in [1.82, 2.24) is 20.4 Å². The van der Waals surface area contributed by atoms with E-state index in [1.54, 1.807) is 19.0 Å². The van der Waals surface area contributed by atoms with Crippen LogP contribution < -0.4 is 10.6 Å². The summed E-state index contributed by atoms with van der Waals surface area (Å²) in [5, 5.41) is 7.34. The van der Waals surface area contributed by atoms with Gasteiger partial charge in [-0.25, -0.2) is 4.99 Å². The normalized spacial score (nSPS) is 27.5. The number of aliphatic imine (C=N–C) groups is 1. The Kier molecular flexibility index (Phi) is 8.76. The van der Waals surface area contributed by atoms with Crippen molar-refractivity contribution >= 4 is 11.9 Å². The number of nitrogens with zero attached hydrogens (tertiary/aromatic N) is 3. The highest BCUT2D eigenvalue weighted by Gasteiger charge is 2.28. The molecule has 0 radical (unpaired) electrons. The minimum absolute atomic E-state index is 0.0313. The number of carbonyl (C=O) groups is 1. The van der Waals surface area contributed by atoms with Crippen molar-refractivity contribution in [3.8, 4) is 0 Å². The zero-order chi connectivity index (χ0) is 22.2. The molecule has 2 N–H and O–H groups in total. The van der Waals surface area contributed by atoms with Crippen LogP contribution >= 0.6 is 0 Å². The van der Waals surface area contributed by atoms with Gasteiger partial charge in [0, 0.05) is 45.3 Å². The highest BCUT2D eigenvalue weighted by atomic mass is 16.2. The van der Waals surface area contributed by atoms with Crippen LogP contribution in [0, 0.1) is 5.92 Å². The van der Waals surface area contributed by atoms with E-state index >= 15 is 0 Å². The summed E-state index contributed by atoms with van der Waals surface area (Å²) < 4.78 is 0. The van der Waals surface area contributed by atoms with Crippen LogP contribution in [0.3, 0.4) is 0 Å². The molecular weight excluding hydrogens is 386 g/mol. The van der Waals surface area contributed by atoms with Gasteiger partial charge in [0.2, 0.25) is 5.91 Å². The van der Waals surface area contributed by atoms with Crippen LogP contribution in [0.25, 0.3) is 0 Å². The number of amides is 1. The molecular formula is C25H41N5O. The smallest absolute Gasteiger partial charge is 0.243 e. The van der Waals surface area contributed by atoms with E-state index in [2.05, 4.69) is 64.7 Å². The fraction of sp³-hybridized carbons (Fsp3) is 0.680. The molecule has 1 aromatic carbocycles. The number of guanidine groups is 1. The first kappa shape index (κ1) is 23.6. The molecule has 0 bridgehead atoms. The Morgan fingerprint density at radius 3 is 2.52 bits per heavy atom. The lowest BCUT2D eigenvalue weighted by Gasteiger charge is -2.39. The Hall–Kier alpha value is -2.08. The molecule has 6 nitrogen and oxygen atoms in total. The Morgan fingerprint density at radius 1 is 1.10 bits per heavy atom. The minimum Gasteiger partial charge on any atom is -0.354 e. The number of hydrogen-bond donors (Lipinski definition) is 2. The zero-order valence-electron chi connectivity index (χ0n) is 19.8. The Morgan fingerprint density at radius 2 is 1.84 bits per heavy atom. The quantitative estimate of drug-likeness (QED) is 0.541. The van der Waals surface area contributed by atoms with Gasteiger partial charge < -0.3 is 15.5 Å². The Balaban J connectivity index is 1.59. The van der Waals surface area contributed by atoms with Crippen molar-refractivity contribution in [2.24, 2.45) is 10.9 Å². The van der Waals surface area contributed by atoms with E-state index in [4.69, 9.17) is 0 Å². The van der Waals surface area contributed by atoms with E-state index in [1.807, 2.05) is 0 Å². The molecule has 1 aliphatic heterocycles. The SMILES string of the molecule is CC1CCCCC1NC(=NCC(=O)N(C)C)NC1CCN(Cc2ccccc2)C(C)C1. The molecule has 2 fully saturated rings. The lowest BCUT2D eigenvalue weighted by molar-refractivity contribution is -0.127. The average Bonchev–Trinajstić information content (AvgIpc) is 2.76. The molecule has 4 unspecified atom stereocenters. The van der Waals surface area contributed by atoms with Gasteiger partial charge in [-0.3, -0.25) is 9.69 Å². The van der Waals surface area contributed by atoms with Crippen LogP contribution in [0.4, 0.5) is 0 Å². The fourth-order valence-corrected chi connectivity index (χ4v) is 4.73. The number of rotatable bonds is 6. The van der Waals surface area contributed by atoms with E-state index in [9.17, 15) is 4.79 Å². The first-order valence-corrected chi connectivity index (χ1v) is 12.0. The largest absolute Gasteiger partial charge is 0.354 e. The molecule has 1 heterocycles. The van der Waals surface area contributed by atoms with Gasteiger partial charge in [0.15, 0.2) is 5.96 Å². The fourth-order valence-electron chi connectivity index (χ4n) is 4.73. The molecule has 3 rings (SSSR count). The monoisotopic (exact) mass is 427 g/mol. The summed E-state index contributed by atoms with van der Waals surface area (Å²) in [4.78, 5) is 21.0. The van der Waals surface area contributed by atoms with Gasteiger partial charge in [-0.15, -0.1) is 0 Å². The lowest BCUT2D eigenvalue weighted by Crippen LogP contribution is -2.54. The van der Waals surface area contributed by atoms with Crippen LogP contribution in [0.5, 0.6) is 0 Å². The van der Waals surface area contributed by atoms with Crippen LogP contribution in [0.15, 0.2) is 35.3 Å². The van der Waals surface area contributed by atoms with Gasteiger partial charge in [0.25, 0.3) is 0 Å². The molecule has 1 aromatic rings. The Bertz CT molecular complexity index is 720. The van der Waals surface area contributed by atoms with Crippen molar-refractivity contribution in [2.45, 2.75) is 77.0 Å². The van der Waals surface area contributed by atoms with E-state index in [0.717, 1.165) is 31.9 Å². The summed E-state index contributed by atoms with van der Waals surface area (Å²) >= 11 is 0. The minimum atomic E-state index is 0.0313. The average molecular weight is 428 g/mol. The van der Waals surface area contributed by atoms with Crippen molar-refractivity contribution in [3.05, 3.63) is 35.9 Å². The standard InChI is InChI=1S/C25H41N5O/c1-19-10-8-9-13-23(19)28-25(26-17-24(31)29(3)4)27-22-14-15-30(20(2)16-22)18-21-11-6-5-7-12-21/h5-7,11-12,19-20,22-23H,8-10,13-18H2,1-4H3,(H2,26,27,28). The number of benzene rings is 1. The van der Waals surface area contributed by atoms with Gasteiger partial charge in [-0.2, -0.15) is 0 Å². The van der Waals surface area contributed by atoms with Gasteiger partial charge in [-0.1, -0.05) is 50.1 Å². The number of hydrogen-bond acceptors (Lipinski definition) is 3. The Labute approximate surface area is 188 Å². The summed E-state index contributed by atoms with van der Waals surface area (Å²) in [7, 11) is 3.57. The third kappa shape index (κ3) is 7.23. The molecule has 1 amide bonds. The molecule has 1 aliphatic carbocycles. The first-order valence-electron chi connectivity index (χ1n) is 12.0. The molecule has 1 saturated heterocycles. The number of piperidine rings is 1. The number of nitrogens with one attached hydrogen (secondary N) is 2. The van der Waals surface area contributed by atoms with Gasteiger partial charge in [-0.05, 0) is 44.1 Å². The zero-order valence-corrected chi connectivity index (χ0v) is 19.8. The number of likely N-dealkylation sites (N-methyl/N-ethyl adjacent to an activating group) is 1. The maximum atomic E-state index is 12.1. The summed E-state index contributed by atoms with van der Waals surface area (Å²) in [6.45, 7) is 6.90. The van der Waals surface area contributed by atoms with E-state index in [1.165, 1.54) is 31.2 Å². The molecule has 6 heteroatoms. The second kappa shape index (κ2) is 11.5. The van der Waals surface area contributed by atoms with E-state index < -0.39 is 0 Å². The second-order valence-corrected chi connectivity index (χ2v) is 9.64. The van der Waals surface area contributed by atoms with Crippen molar-refractivity contribution < 1.29 is 4.79 Å². The molecule has 31 heavy (non-hydrogen) atoms. The van der Waals surface area contributed by atoms with Crippen LogP contribution in [-0.4, -0.2) is 67.0 Å². The molecule has 0 spiro atoms. The summed E-state index contributed by atoms with van der Waals surface area (Å²) in [5.41, 5.74) is 1.37. The number of carbonyl (C=O) groups excluding carboxylic acids is 1. The predicted molar refractivity (Wildman–Crippen MR) is 128 cm³/mol. The first-order chi connectivity index (χ1) is 14.9. The number of likely N-dealkylation sites (tertiary alicyclic amines) is 1. The van der Waals surface area contributed by atoms with Gasteiger partial charge in [0.1, 0.15) is 6.54 Å². The van der Waals surface area contributed by atoms with Crippen LogP contribution in [0.2, 0.25) is 0 Å². The molecule has 2 aliphatic rings. The van der Waals surface area contributed by atoms with Crippen molar-refractivity contribution in [2.75, 3.05) is 27.2 Å². The summed E-state index contributed by atoms with van der Waals surface area (Å²) in [6.07, 6.45) is 7.18. The maximum Gasteiger partial charge on any atom is 0.243 e. The highest BCUT2D eigenvalue weighted by Crippen LogP contribution is 2.24. The third-order valence-electron chi connectivity index (χ3n) is 6.89. The predicted octanol–water partition coefficient (Wildman–Crippen LogP) is 3.24. The van der Waals surface area contributed by atoms with Gasteiger partial charge in [0.05, 0.1) is 0 Å². The summed E-state index contributed by atoms with van der Waals surface area (Å²) in [6, 6.07) is 12.0. The lowest BCUT2D eigenvalue weighted by atomic mass is 9.86. The van der Waals surface area contributed by atoms with Crippen LogP contribution in [0.1, 0.15) is 57.9 Å². The van der Waals surface area contributed by atoms with Gasteiger partial charge >= 0.3 is 0 Å². The third-order valence-corrected chi connectivity index (χ3v) is 6.89.